The minimum Gasteiger partial charge on any atom is -0.490 e. The average molecular weight is 226 g/mol. The highest BCUT2D eigenvalue weighted by atomic mass is 19.1. The van der Waals surface area contributed by atoms with E-state index in [-0.39, 0.29) is 18.8 Å². The first-order valence-corrected chi connectivity index (χ1v) is 4.97. The van der Waals surface area contributed by atoms with E-state index in [9.17, 15) is 9.18 Å². The van der Waals surface area contributed by atoms with Gasteiger partial charge in [-0.05, 0) is 24.7 Å². The average Bonchev–Trinajstić information content (AvgIpc) is 2.21. The van der Waals surface area contributed by atoms with Crippen molar-refractivity contribution in [2.75, 3.05) is 13.7 Å². The van der Waals surface area contributed by atoms with Crippen LogP contribution in [-0.4, -0.2) is 19.6 Å². The van der Waals surface area contributed by atoms with Crippen molar-refractivity contribution in [1.29, 1.82) is 0 Å². The Labute approximate surface area is 93.6 Å². The molecule has 0 aliphatic heterocycles. The normalized spacial score (nSPS) is 10.1. The summed E-state index contributed by atoms with van der Waals surface area (Å²) in [5.74, 6) is -0.759. The van der Waals surface area contributed by atoms with E-state index in [0.29, 0.717) is 6.54 Å². The second-order valence-corrected chi connectivity index (χ2v) is 3.36. The predicted octanol–water partition coefficient (Wildman–Crippen LogP) is 0.799. The lowest BCUT2D eigenvalue weighted by atomic mass is 10.2. The van der Waals surface area contributed by atoms with Crippen molar-refractivity contribution in [3.8, 4) is 5.75 Å². The lowest BCUT2D eigenvalue weighted by Gasteiger charge is -2.07. The standard InChI is InChI=1S/C11H15FN2O2/c1-14-7-8-2-3-10(9(12)6-8)16-5-4-11(13)15/h2-3,6,14H,4-5,7H2,1H3,(H2,13,15). The van der Waals surface area contributed by atoms with E-state index < -0.39 is 11.7 Å². The molecule has 0 spiro atoms. The summed E-state index contributed by atoms with van der Waals surface area (Å²) in [4.78, 5) is 10.5. The van der Waals surface area contributed by atoms with Gasteiger partial charge in [-0.3, -0.25) is 4.79 Å². The summed E-state index contributed by atoms with van der Waals surface area (Å²) < 4.78 is 18.5. The molecule has 1 aromatic carbocycles. The Bertz CT molecular complexity index is 369. The van der Waals surface area contributed by atoms with Crippen molar-refractivity contribution in [3.63, 3.8) is 0 Å². The van der Waals surface area contributed by atoms with Crippen molar-refractivity contribution in [2.24, 2.45) is 5.73 Å². The molecule has 88 valence electrons. The molecular weight excluding hydrogens is 211 g/mol. The lowest BCUT2D eigenvalue weighted by Crippen LogP contribution is -2.15. The molecule has 0 unspecified atom stereocenters. The third-order valence-electron chi connectivity index (χ3n) is 1.98. The Kier molecular flexibility index (Phi) is 4.72. The summed E-state index contributed by atoms with van der Waals surface area (Å²) >= 11 is 0. The molecule has 0 fully saturated rings. The Morgan fingerprint density at radius 1 is 1.56 bits per heavy atom. The third-order valence-corrected chi connectivity index (χ3v) is 1.98. The highest BCUT2D eigenvalue weighted by Gasteiger charge is 2.05. The van der Waals surface area contributed by atoms with E-state index in [1.54, 1.807) is 19.2 Å². The van der Waals surface area contributed by atoms with Gasteiger partial charge in [-0.1, -0.05) is 6.07 Å². The van der Waals surface area contributed by atoms with Gasteiger partial charge in [0.05, 0.1) is 13.0 Å². The van der Waals surface area contributed by atoms with Crippen LogP contribution in [0.3, 0.4) is 0 Å². The second kappa shape index (κ2) is 6.07. The number of primary amides is 1. The molecule has 0 bridgehead atoms. The number of carbonyl (C=O) groups excluding carboxylic acids is 1. The van der Waals surface area contributed by atoms with E-state index in [2.05, 4.69) is 5.32 Å². The summed E-state index contributed by atoms with van der Waals surface area (Å²) in [6, 6.07) is 4.71. The Morgan fingerprint density at radius 2 is 2.31 bits per heavy atom. The van der Waals surface area contributed by atoms with Crippen LogP contribution >= 0.6 is 0 Å². The largest absolute Gasteiger partial charge is 0.490 e. The summed E-state index contributed by atoms with van der Waals surface area (Å²) in [6.07, 6.45) is 0.0811. The number of ether oxygens (including phenoxy) is 1. The fourth-order valence-corrected chi connectivity index (χ4v) is 1.24. The van der Waals surface area contributed by atoms with Crippen LogP contribution in [0, 0.1) is 5.82 Å². The number of nitrogens with two attached hydrogens (primary N) is 1. The van der Waals surface area contributed by atoms with Crippen molar-refractivity contribution >= 4 is 5.91 Å². The third kappa shape index (κ3) is 3.86. The molecule has 0 saturated heterocycles. The number of rotatable bonds is 6. The van der Waals surface area contributed by atoms with E-state index in [1.165, 1.54) is 6.07 Å². The zero-order chi connectivity index (χ0) is 12.0. The minimum atomic E-state index is -0.466. The number of carbonyl (C=O) groups is 1. The van der Waals surface area contributed by atoms with E-state index >= 15 is 0 Å². The minimum absolute atomic E-state index is 0.0811. The summed E-state index contributed by atoms with van der Waals surface area (Å²) in [7, 11) is 1.79. The molecule has 0 aliphatic carbocycles. The Morgan fingerprint density at radius 3 is 2.88 bits per heavy atom. The molecule has 0 radical (unpaired) electrons. The van der Waals surface area contributed by atoms with Crippen molar-refractivity contribution in [2.45, 2.75) is 13.0 Å². The zero-order valence-corrected chi connectivity index (χ0v) is 9.13. The molecule has 0 atom stereocenters. The monoisotopic (exact) mass is 226 g/mol. The van der Waals surface area contributed by atoms with Gasteiger partial charge < -0.3 is 15.8 Å². The van der Waals surface area contributed by atoms with Crippen LogP contribution in [-0.2, 0) is 11.3 Å². The van der Waals surface area contributed by atoms with Gasteiger partial charge in [-0.25, -0.2) is 4.39 Å². The first kappa shape index (κ1) is 12.4. The summed E-state index contributed by atoms with van der Waals surface area (Å²) in [5.41, 5.74) is 5.77. The number of hydrogen-bond acceptors (Lipinski definition) is 3. The fraction of sp³-hybridized carbons (Fsp3) is 0.364. The predicted molar refractivity (Wildman–Crippen MR) is 58.5 cm³/mol. The zero-order valence-electron chi connectivity index (χ0n) is 9.13. The van der Waals surface area contributed by atoms with Gasteiger partial charge in [0, 0.05) is 6.54 Å². The summed E-state index contributed by atoms with van der Waals surface area (Å²) in [6.45, 7) is 0.691. The molecule has 16 heavy (non-hydrogen) atoms. The van der Waals surface area contributed by atoms with Gasteiger partial charge in [0.25, 0.3) is 0 Å². The van der Waals surface area contributed by atoms with Gasteiger partial charge in [0.15, 0.2) is 11.6 Å². The number of halogens is 1. The molecule has 3 N–H and O–H groups in total. The van der Waals surface area contributed by atoms with Crippen molar-refractivity contribution < 1.29 is 13.9 Å². The highest BCUT2D eigenvalue weighted by Crippen LogP contribution is 2.18. The maximum absolute atomic E-state index is 13.4. The molecule has 5 heteroatoms. The fourth-order valence-electron chi connectivity index (χ4n) is 1.24. The molecule has 1 aromatic rings. The molecule has 4 nitrogen and oxygen atoms in total. The molecule has 1 rings (SSSR count). The van der Waals surface area contributed by atoms with Gasteiger partial charge in [-0.15, -0.1) is 0 Å². The van der Waals surface area contributed by atoms with Crippen LogP contribution in [0.15, 0.2) is 18.2 Å². The molecule has 0 aliphatic rings. The SMILES string of the molecule is CNCc1ccc(OCCC(N)=O)c(F)c1. The topological polar surface area (TPSA) is 64.3 Å². The Balaban J connectivity index is 2.57. The van der Waals surface area contributed by atoms with E-state index in [0.717, 1.165) is 5.56 Å². The number of nitrogens with one attached hydrogen (secondary N) is 1. The quantitative estimate of drug-likeness (QED) is 0.754. The van der Waals surface area contributed by atoms with Gasteiger partial charge in [0.2, 0.25) is 5.91 Å². The molecule has 1 amide bonds. The van der Waals surface area contributed by atoms with Crippen LogP contribution < -0.4 is 15.8 Å². The maximum atomic E-state index is 13.4. The van der Waals surface area contributed by atoms with Crippen LogP contribution in [0.4, 0.5) is 4.39 Å². The first-order chi connectivity index (χ1) is 7.63. The second-order valence-electron chi connectivity index (χ2n) is 3.36. The van der Waals surface area contributed by atoms with Gasteiger partial charge in [0.1, 0.15) is 0 Å². The molecule has 0 heterocycles. The van der Waals surface area contributed by atoms with Crippen LogP contribution in [0.5, 0.6) is 5.75 Å². The van der Waals surface area contributed by atoms with Crippen LogP contribution in [0.25, 0.3) is 0 Å². The number of hydrogen-bond donors (Lipinski definition) is 2. The van der Waals surface area contributed by atoms with Crippen molar-refractivity contribution in [1.82, 2.24) is 5.32 Å². The Hall–Kier alpha value is -1.62. The van der Waals surface area contributed by atoms with Crippen molar-refractivity contribution in [3.05, 3.63) is 29.6 Å². The molecule has 0 aromatic heterocycles. The van der Waals surface area contributed by atoms with Gasteiger partial charge >= 0.3 is 0 Å². The number of amides is 1. The first-order valence-electron chi connectivity index (χ1n) is 4.97. The van der Waals surface area contributed by atoms with Gasteiger partial charge in [-0.2, -0.15) is 0 Å². The highest BCUT2D eigenvalue weighted by molar-refractivity contribution is 5.73. The van der Waals surface area contributed by atoms with E-state index in [4.69, 9.17) is 10.5 Å². The van der Waals surface area contributed by atoms with Crippen LogP contribution in [0.2, 0.25) is 0 Å². The number of benzene rings is 1. The van der Waals surface area contributed by atoms with Crippen LogP contribution in [0.1, 0.15) is 12.0 Å². The summed E-state index contributed by atoms with van der Waals surface area (Å²) in [5, 5.41) is 2.92. The lowest BCUT2D eigenvalue weighted by molar-refractivity contribution is -0.118. The maximum Gasteiger partial charge on any atom is 0.220 e. The molecular formula is C11H15FN2O2. The molecule has 0 saturated carbocycles. The smallest absolute Gasteiger partial charge is 0.220 e. The van der Waals surface area contributed by atoms with E-state index in [1.807, 2.05) is 0 Å².